The molecule has 1 aromatic heterocycles. The summed E-state index contributed by atoms with van der Waals surface area (Å²) in [6.45, 7) is 1.78. The van der Waals surface area contributed by atoms with Gasteiger partial charge in [-0.2, -0.15) is 0 Å². The summed E-state index contributed by atoms with van der Waals surface area (Å²) in [5.41, 5.74) is 7.00. The zero-order chi connectivity index (χ0) is 17.7. The Kier molecular flexibility index (Phi) is 5.34. The maximum atomic E-state index is 11.4. The predicted molar refractivity (Wildman–Crippen MR) is 98.5 cm³/mol. The third-order valence-corrected chi connectivity index (χ3v) is 5.14. The number of nitrogens with two attached hydrogens (primary N) is 1. The zero-order valence-electron chi connectivity index (χ0n) is 14.4. The van der Waals surface area contributed by atoms with Gasteiger partial charge in [0.15, 0.2) is 0 Å². The average molecular weight is 339 g/mol. The summed E-state index contributed by atoms with van der Waals surface area (Å²) in [4.78, 5) is 18.0. The second-order valence-corrected chi connectivity index (χ2v) is 6.94. The number of rotatable bonds is 6. The van der Waals surface area contributed by atoms with Crippen molar-refractivity contribution in [3.63, 3.8) is 0 Å². The molecule has 1 fully saturated rings. The van der Waals surface area contributed by atoms with E-state index in [0.29, 0.717) is 5.56 Å². The van der Waals surface area contributed by atoms with E-state index in [1.54, 1.807) is 18.3 Å². The molecule has 0 bridgehead atoms. The van der Waals surface area contributed by atoms with Crippen LogP contribution in [-0.2, 0) is 6.42 Å². The lowest BCUT2D eigenvalue weighted by atomic mass is 9.76. The third-order valence-electron chi connectivity index (χ3n) is 5.14. The summed E-state index contributed by atoms with van der Waals surface area (Å²) >= 11 is 0. The van der Waals surface area contributed by atoms with Gasteiger partial charge in [0.2, 0.25) is 5.91 Å². The van der Waals surface area contributed by atoms with Gasteiger partial charge in [0.05, 0.1) is 6.61 Å². The molecule has 2 aromatic rings. The molecule has 1 atom stereocenters. The van der Waals surface area contributed by atoms with Crippen LogP contribution in [0.15, 0.2) is 48.7 Å². The highest BCUT2D eigenvalue weighted by molar-refractivity contribution is 5.93. The number of aromatic nitrogens is 1. The number of hydrogen-bond donors (Lipinski definition) is 2. The summed E-state index contributed by atoms with van der Waals surface area (Å²) in [7, 11) is 0. The van der Waals surface area contributed by atoms with Gasteiger partial charge < -0.3 is 15.7 Å². The van der Waals surface area contributed by atoms with Crippen molar-refractivity contribution in [1.29, 1.82) is 0 Å². The Balaban J connectivity index is 1.73. The SMILES string of the molecule is NC(=O)c1ccnc(N2CCC[C@@](CO)(CCc3ccccc3)C2)c1. The molecule has 1 aliphatic rings. The maximum absolute atomic E-state index is 11.4. The van der Waals surface area contributed by atoms with E-state index < -0.39 is 5.91 Å². The van der Waals surface area contributed by atoms with E-state index in [0.717, 1.165) is 44.6 Å². The Hall–Kier alpha value is -2.40. The number of aliphatic hydroxyl groups excluding tert-OH is 1. The Morgan fingerprint density at radius 1 is 1.28 bits per heavy atom. The zero-order valence-corrected chi connectivity index (χ0v) is 14.4. The molecule has 3 N–H and O–H groups in total. The lowest BCUT2D eigenvalue weighted by molar-refractivity contribution is 0.0961. The van der Waals surface area contributed by atoms with Crippen molar-refractivity contribution in [2.45, 2.75) is 25.7 Å². The fourth-order valence-electron chi connectivity index (χ4n) is 3.61. The molecule has 0 unspecified atom stereocenters. The first-order valence-electron chi connectivity index (χ1n) is 8.77. The first kappa shape index (κ1) is 17.4. The number of amides is 1. The monoisotopic (exact) mass is 339 g/mol. The molecule has 2 heterocycles. The standard InChI is InChI=1S/C20H25N3O2/c21-19(25)17-8-11-22-18(13-17)23-12-4-9-20(14-23,15-24)10-7-16-5-2-1-3-6-16/h1-3,5-6,8,11,13,24H,4,7,9-10,12,14-15H2,(H2,21,25)/t20-/m1/s1. The summed E-state index contributed by atoms with van der Waals surface area (Å²) < 4.78 is 0. The van der Waals surface area contributed by atoms with Crippen molar-refractivity contribution in [2.24, 2.45) is 11.1 Å². The Morgan fingerprint density at radius 3 is 2.80 bits per heavy atom. The number of anilines is 1. The van der Waals surface area contributed by atoms with Crippen LogP contribution in [0.5, 0.6) is 0 Å². The van der Waals surface area contributed by atoms with Crippen LogP contribution in [0.4, 0.5) is 5.82 Å². The van der Waals surface area contributed by atoms with Crippen LogP contribution in [0.3, 0.4) is 0 Å². The van der Waals surface area contributed by atoms with E-state index in [1.807, 2.05) is 18.2 Å². The highest BCUT2D eigenvalue weighted by atomic mass is 16.3. The van der Waals surface area contributed by atoms with Gasteiger partial charge in [0.1, 0.15) is 5.82 Å². The van der Waals surface area contributed by atoms with Crippen molar-refractivity contribution >= 4 is 11.7 Å². The Morgan fingerprint density at radius 2 is 2.08 bits per heavy atom. The van der Waals surface area contributed by atoms with E-state index in [-0.39, 0.29) is 12.0 Å². The molecule has 132 valence electrons. The molecule has 0 saturated carbocycles. The lowest BCUT2D eigenvalue weighted by Gasteiger charge is -2.42. The van der Waals surface area contributed by atoms with E-state index in [2.05, 4.69) is 22.0 Å². The summed E-state index contributed by atoms with van der Waals surface area (Å²) in [6.07, 6.45) is 5.50. The molecule has 1 saturated heterocycles. The van der Waals surface area contributed by atoms with Crippen LogP contribution in [-0.4, -0.2) is 35.7 Å². The van der Waals surface area contributed by atoms with Gasteiger partial charge in [-0.3, -0.25) is 4.79 Å². The van der Waals surface area contributed by atoms with Crippen LogP contribution in [0.2, 0.25) is 0 Å². The molecular weight excluding hydrogens is 314 g/mol. The average Bonchev–Trinajstić information content (AvgIpc) is 2.67. The molecule has 0 radical (unpaired) electrons. The van der Waals surface area contributed by atoms with Crippen molar-refractivity contribution in [2.75, 3.05) is 24.6 Å². The van der Waals surface area contributed by atoms with Gasteiger partial charge >= 0.3 is 0 Å². The topological polar surface area (TPSA) is 79.5 Å². The van der Waals surface area contributed by atoms with Gasteiger partial charge in [-0.25, -0.2) is 4.98 Å². The number of hydrogen-bond acceptors (Lipinski definition) is 4. The number of aryl methyl sites for hydroxylation is 1. The highest BCUT2D eigenvalue weighted by Crippen LogP contribution is 2.36. The molecule has 1 amide bonds. The van der Waals surface area contributed by atoms with Gasteiger partial charge in [-0.1, -0.05) is 30.3 Å². The van der Waals surface area contributed by atoms with Crippen molar-refractivity contribution in [3.05, 3.63) is 59.8 Å². The molecule has 25 heavy (non-hydrogen) atoms. The second kappa shape index (κ2) is 7.66. The Labute approximate surface area is 148 Å². The van der Waals surface area contributed by atoms with Gasteiger partial charge in [-0.15, -0.1) is 0 Å². The molecule has 0 aliphatic carbocycles. The summed E-state index contributed by atoms with van der Waals surface area (Å²) in [6, 6.07) is 13.7. The molecule has 5 nitrogen and oxygen atoms in total. The minimum absolute atomic E-state index is 0.140. The van der Waals surface area contributed by atoms with E-state index in [4.69, 9.17) is 5.73 Å². The highest BCUT2D eigenvalue weighted by Gasteiger charge is 2.35. The third kappa shape index (κ3) is 4.17. The fourth-order valence-corrected chi connectivity index (χ4v) is 3.61. The molecule has 1 aromatic carbocycles. The first-order valence-corrected chi connectivity index (χ1v) is 8.77. The maximum Gasteiger partial charge on any atom is 0.248 e. The van der Waals surface area contributed by atoms with Crippen LogP contribution in [0.25, 0.3) is 0 Å². The largest absolute Gasteiger partial charge is 0.396 e. The second-order valence-electron chi connectivity index (χ2n) is 6.94. The number of carbonyl (C=O) groups excluding carboxylic acids is 1. The van der Waals surface area contributed by atoms with Crippen molar-refractivity contribution < 1.29 is 9.90 Å². The number of aliphatic hydroxyl groups is 1. The number of carbonyl (C=O) groups is 1. The van der Waals surface area contributed by atoms with Crippen LogP contribution in [0, 0.1) is 5.41 Å². The quantitative estimate of drug-likeness (QED) is 0.847. The van der Waals surface area contributed by atoms with Crippen LogP contribution < -0.4 is 10.6 Å². The summed E-state index contributed by atoms with van der Waals surface area (Å²) in [5, 5.41) is 10.1. The number of nitrogens with zero attached hydrogens (tertiary/aromatic N) is 2. The van der Waals surface area contributed by atoms with Crippen molar-refractivity contribution in [3.8, 4) is 0 Å². The fraction of sp³-hybridized carbons (Fsp3) is 0.400. The molecule has 5 heteroatoms. The van der Waals surface area contributed by atoms with Crippen LogP contribution >= 0.6 is 0 Å². The first-order chi connectivity index (χ1) is 12.1. The van der Waals surface area contributed by atoms with Gasteiger partial charge in [-0.05, 0) is 43.4 Å². The minimum Gasteiger partial charge on any atom is -0.396 e. The van der Waals surface area contributed by atoms with Crippen molar-refractivity contribution in [1.82, 2.24) is 4.98 Å². The van der Waals surface area contributed by atoms with E-state index in [1.165, 1.54) is 5.56 Å². The van der Waals surface area contributed by atoms with E-state index >= 15 is 0 Å². The number of benzene rings is 1. The molecule has 0 spiro atoms. The van der Waals surface area contributed by atoms with Gasteiger partial charge in [0, 0.05) is 30.3 Å². The molecule has 3 rings (SSSR count). The van der Waals surface area contributed by atoms with E-state index in [9.17, 15) is 9.90 Å². The van der Waals surface area contributed by atoms with Crippen LogP contribution in [0.1, 0.15) is 35.2 Å². The number of primary amides is 1. The summed E-state index contributed by atoms with van der Waals surface area (Å²) in [5.74, 6) is 0.312. The molecular formula is C20H25N3O2. The molecule has 1 aliphatic heterocycles. The normalized spacial score (nSPS) is 20.4. The lowest BCUT2D eigenvalue weighted by Crippen LogP contribution is -2.46. The van der Waals surface area contributed by atoms with Gasteiger partial charge in [0.25, 0.3) is 0 Å². The number of pyridine rings is 1. The Bertz CT molecular complexity index is 720. The minimum atomic E-state index is -0.446. The number of piperidine rings is 1. The predicted octanol–water partition coefficient (Wildman–Crippen LogP) is 2.39. The smallest absolute Gasteiger partial charge is 0.248 e.